The highest BCUT2D eigenvalue weighted by atomic mass is 35.5. The fourth-order valence-electron chi connectivity index (χ4n) is 3.23. The number of benzene rings is 3. The molecule has 8 nitrogen and oxygen atoms in total. The van der Waals surface area contributed by atoms with Crippen LogP contribution in [0.15, 0.2) is 71.6 Å². The van der Waals surface area contributed by atoms with Crippen LogP contribution < -0.4 is 9.47 Å². The van der Waals surface area contributed by atoms with Crippen LogP contribution in [0, 0.1) is 15.9 Å². The van der Waals surface area contributed by atoms with Gasteiger partial charge < -0.3 is 9.47 Å². The standard InChI is InChI=1S/C25H18ClFN2O6S/c26-21-13-17(3-10-22(21)35-15-16-1-6-19(7-2-16)29(32)33)14-23-24(30)28(25(31)36-23)11-12-34-20-8-4-18(27)5-9-20/h1-10,13-14H,11-12,15H2/b23-14-. The van der Waals surface area contributed by atoms with Gasteiger partial charge in [-0.05, 0) is 77.5 Å². The molecular weight excluding hydrogens is 511 g/mol. The lowest BCUT2D eigenvalue weighted by Gasteiger charge is -2.13. The molecule has 0 unspecified atom stereocenters. The van der Waals surface area contributed by atoms with Crippen molar-refractivity contribution in [1.29, 1.82) is 0 Å². The van der Waals surface area contributed by atoms with Gasteiger partial charge in [0, 0.05) is 12.1 Å². The Morgan fingerprint density at radius 3 is 2.42 bits per heavy atom. The number of carbonyl (C=O) groups excluding carboxylic acids is 2. The molecule has 1 fully saturated rings. The Morgan fingerprint density at radius 2 is 1.75 bits per heavy atom. The maximum absolute atomic E-state index is 13.0. The highest BCUT2D eigenvalue weighted by Crippen LogP contribution is 2.34. The Kier molecular flexibility index (Phi) is 7.87. The van der Waals surface area contributed by atoms with Gasteiger partial charge in [0.15, 0.2) is 0 Å². The second-order valence-electron chi connectivity index (χ2n) is 7.54. The van der Waals surface area contributed by atoms with Crippen molar-refractivity contribution in [3.63, 3.8) is 0 Å². The summed E-state index contributed by atoms with van der Waals surface area (Å²) in [6.45, 7) is 0.287. The van der Waals surface area contributed by atoms with Crippen LogP contribution in [0.3, 0.4) is 0 Å². The first-order valence-corrected chi connectivity index (χ1v) is 11.8. The van der Waals surface area contributed by atoms with Crippen LogP contribution >= 0.6 is 23.4 Å². The minimum Gasteiger partial charge on any atom is -0.492 e. The number of imide groups is 1. The van der Waals surface area contributed by atoms with Gasteiger partial charge in [0.25, 0.3) is 16.8 Å². The summed E-state index contributed by atoms with van der Waals surface area (Å²) in [6.07, 6.45) is 1.57. The Labute approximate surface area is 214 Å². The Hall–Kier alpha value is -3.89. The number of nitro groups is 1. The lowest BCUT2D eigenvalue weighted by atomic mass is 10.2. The molecule has 0 radical (unpaired) electrons. The number of rotatable bonds is 9. The zero-order chi connectivity index (χ0) is 25.7. The molecule has 0 aromatic heterocycles. The molecule has 3 aromatic carbocycles. The molecule has 1 aliphatic heterocycles. The predicted octanol–water partition coefficient (Wildman–Crippen LogP) is 6.08. The zero-order valence-electron chi connectivity index (χ0n) is 18.6. The summed E-state index contributed by atoms with van der Waals surface area (Å²) in [6, 6.07) is 16.4. The first-order valence-electron chi connectivity index (χ1n) is 10.6. The van der Waals surface area contributed by atoms with Gasteiger partial charge in [0.1, 0.15) is 30.5 Å². The first-order chi connectivity index (χ1) is 17.3. The molecule has 0 bridgehead atoms. The summed E-state index contributed by atoms with van der Waals surface area (Å²) in [4.78, 5) is 36.6. The normalized spacial score (nSPS) is 14.4. The van der Waals surface area contributed by atoms with Crippen LogP contribution in [0.5, 0.6) is 11.5 Å². The summed E-state index contributed by atoms with van der Waals surface area (Å²) in [5.41, 5.74) is 1.33. The fraction of sp³-hybridized carbons (Fsp3) is 0.120. The summed E-state index contributed by atoms with van der Waals surface area (Å²) in [7, 11) is 0. The summed E-state index contributed by atoms with van der Waals surface area (Å²) < 4.78 is 24.1. The lowest BCUT2D eigenvalue weighted by molar-refractivity contribution is -0.384. The van der Waals surface area contributed by atoms with Crippen molar-refractivity contribution in [2.75, 3.05) is 13.2 Å². The van der Waals surface area contributed by atoms with Crippen LogP contribution in [-0.4, -0.2) is 34.1 Å². The van der Waals surface area contributed by atoms with Crippen LogP contribution in [-0.2, 0) is 11.4 Å². The van der Waals surface area contributed by atoms with Crippen molar-refractivity contribution in [2.24, 2.45) is 0 Å². The third kappa shape index (κ3) is 6.21. The highest BCUT2D eigenvalue weighted by Gasteiger charge is 2.34. The Morgan fingerprint density at radius 1 is 1.03 bits per heavy atom. The third-order valence-electron chi connectivity index (χ3n) is 5.07. The van der Waals surface area contributed by atoms with E-state index in [4.69, 9.17) is 21.1 Å². The molecule has 0 spiro atoms. The number of thioether (sulfide) groups is 1. The number of hydrogen-bond donors (Lipinski definition) is 0. The fourth-order valence-corrected chi connectivity index (χ4v) is 4.34. The van der Waals surface area contributed by atoms with E-state index in [1.54, 1.807) is 36.4 Å². The Balaban J connectivity index is 1.34. The smallest absolute Gasteiger partial charge is 0.293 e. The number of non-ortho nitro benzene ring substituents is 1. The van der Waals surface area contributed by atoms with E-state index in [9.17, 15) is 24.1 Å². The summed E-state index contributed by atoms with van der Waals surface area (Å²) >= 11 is 7.14. The average molecular weight is 529 g/mol. The van der Waals surface area contributed by atoms with Crippen molar-refractivity contribution in [1.82, 2.24) is 4.90 Å². The molecule has 36 heavy (non-hydrogen) atoms. The average Bonchev–Trinajstić information content (AvgIpc) is 3.12. The topological polar surface area (TPSA) is 99.0 Å². The maximum atomic E-state index is 13.0. The minimum absolute atomic E-state index is 0.00838. The van der Waals surface area contributed by atoms with E-state index in [1.165, 1.54) is 36.4 Å². The van der Waals surface area contributed by atoms with E-state index in [0.29, 0.717) is 22.1 Å². The number of nitro benzene ring substituents is 1. The molecule has 184 valence electrons. The van der Waals surface area contributed by atoms with Gasteiger partial charge in [0.2, 0.25) is 0 Å². The molecule has 2 amide bonds. The maximum Gasteiger partial charge on any atom is 0.293 e. The van der Waals surface area contributed by atoms with E-state index >= 15 is 0 Å². The first kappa shape index (κ1) is 25.2. The molecule has 1 aliphatic rings. The molecule has 4 rings (SSSR count). The number of nitrogens with zero attached hydrogens (tertiary/aromatic N) is 2. The van der Waals surface area contributed by atoms with Crippen LogP contribution in [0.4, 0.5) is 14.9 Å². The number of ether oxygens (including phenoxy) is 2. The van der Waals surface area contributed by atoms with E-state index in [0.717, 1.165) is 22.2 Å². The molecule has 0 N–H and O–H groups in total. The predicted molar refractivity (Wildman–Crippen MR) is 133 cm³/mol. The molecule has 0 saturated carbocycles. The Bertz CT molecular complexity index is 1330. The van der Waals surface area contributed by atoms with Crippen molar-refractivity contribution in [3.8, 4) is 11.5 Å². The molecule has 3 aromatic rings. The molecule has 11 heteroatoms. The highest BCUT2D eigenvalue weighted by molar-refractivity contribution is 8.18. The number of carbonyl (C=O) groups is 2. The molecule has 1 heterocycles. The van der Waals surface area contributed by atoms with Crippen LogP contribution in [0.25, 0.3) is 6.08 Å². The van der Waals surface area contributed by atoms with Gasteiger partial charge in [-0.3, -0.25) is 24.6 Å². The number of hydrogen-bond acceptors (Lipinski definition) is 7. The quantitative estimate of drug-likeness (QED) is 0.188. The number of halogens is 2. The van der Waals surface area contributed by atoms with Gasteiger partial charge in [-0.25, -0.2) is 4.39 Å². The second kappa shape index (κ2) is 11.2. The van der Waals surface area contributed by atoms with E-state index in [2.05, 4.69) is 0 Å². The van der Waals surface area contributed by atoms with Gasteiger partial charge in [0.05, 0.1) is 21.4 Å². The van der Waals surface area contributed by atoms with Gasteiger partial charge in [-0.2, -0.15) is 0 Å². The lowest BCUT2D eigenvalue weighted by Crippen LogP contribution is -2.32. The number of amides is 2. The summed E-state index contributed by atoms with van der Waals surface area (Å²) in [5, 5.41) is 10.6. The van der Waals surface area contributed by atoms with E-state index in [-0.39, 0.29) is 36.2 Å². The van der Waals surface area contributed by atoms with Crippen molar-refractivity contribution in [3.05, 3.63) is 104 Å². The van der Waals surface area contributed by atoms with E-state index < -0.39 is 16.1 Å². The van der Waals surface area contributed by atoms with Crippen molar-refractivity contribution in [2.45, 2.75) is 6.61 Å². The van der Waals surface area contributed by atoms with Crippen molar-refractivity contribution < 1.29 is 28.4 Å². The molecule has 0 atom stereocenters. The molecule has 0 aliphatic carbocycles. The van der Waals surface area contributed by atoms with Gasteiger partial charge in [-0.1, -0.05) is 17.7 Å². The second-order valence-corrected chi connectivity index (χ2v) is 8.94. The SMILES string of the molecule is O=C1S/C(=C\c2ccc(OCc3ccc([N+](=O)[O-])cc3)c(Cl)c2)C(=O)N1CCOc1ccc(F)cc1. The van der Waals surface area contributed by atoms with Crippen LogP contribution in [0.2, 0.25) is 5.02 Å². The minimum atomic E-state index is -0.476. The van der Waals surface area contributed by atoms with E-state index in [1.807, 2.05) is 0 Å². The third-order valence-corrected chi connectivity index (χ3v) is 6.27. The van der Waals surface area contributed by atoms with Crippen molar-refractivity contribution >= 4 is 46.3 Å². The largest absolute Gasteiger partial charge is 0.492 e. The monoisotopic (exact) mass is 528 g/mol. The zero-order valence-corrected chi connectivity index (χ0v) is 20.1. The van der Waals surface area contributed by atoms with Gasteiger partial charge in [-0.15, -0.1) is 0 Å². The van der Waals surface area contributed by atoms with Gasteiger partial charge >= 0.3 is 0 Å². The molecule has 1 saturated heterocycles. The molecular formula is C25H18ClFN2O6S. The summed E-state index contributed by atoms with van der Waals surface area (Å²) in [5.74, 6) is 0.00704. The van der Waals surface area contributed by atoms with Crippen LogP contribution in [0.1, 0.15) is 11.1 Å².